The molecule has 0 amide bonds. The lowest BCUT2D eigenvalue weighted by molar-refractivity contribution is -0.147. The van der Waals surface area contributed by atoms with Crippen LogP contribution in [-0.4, -0.2) is 22.2 Å². The molecule has 1 saturated carbocycles. The van der Waals surface area contributed by atoms with Crippen molar-refractivity contribution >= 4 is 27.5 Å². The van der Waals surface area contributed by atoms with E-state index in [0.29, 0.717) is 12.8 Å². The van der Waals surface area contributed by atoms with E-state index in [0.717, 1.165) is 28.0 Å². The fourth-order valence-electron chi connectivity index (χ4n) is 2.41. The fourth-order valence-corrected chi connectivity index (χ4v) is 3.16. The maximum Gasteiger partial charge on any atom is 0.306 e. The lowest BCUT2D eigenvalue weighted by atomic mass is 9.82. The summed E-state index contributed by atoms with van der Waals surface area (Å²) in [5, 5.41) is 8.89. The van der Waals surface area contributed by atoms with E-state index in [1.54, 1.807) is 16.8 Å². The van der Waals surface area contributed by atoms with Crippen molar-refractivity contribution in [2.24, 2.45) is 5.92 Å². The average Bonchev–Trinajstić information content (AvgIpc) is 2.81. The molecular formula is C15H15NO3S. The highest BCUT2D eigenvalue weighted by atomic mass is 32.1. The van der Waals surface area contributed by atoms with Gasteiger partial charge in [-0.05, 0) is 37.0 Å². The van der Waals surface area contributed by atoms with Gasteiger partial charge in [-0.3, -0.25) is 4.79 Å². The monoisotopic (exact) mass is 289 g/mol. The van der Waals surface area contributed by atoms with Crippen LogP contribution < -0.4 is 4.74 Å². The molecule has 1 heterocycles. The Kier molecular flexibility index (Phi) is 3.44. The number of benzene rings is 1. The Morgan fingerprint density at radius 1 is 1.55 bits per heavy atom. The zero-order chi connectivity index (χ0) is 14.1. The number of nitrogens with zero attached hydrogens (tertiary/aromatic N) is 1. The second-order valence-electron chi connectivity index (χ2n) is 5.03. The molecule has 0 atom stereocenters. The Labute approximate surface area is 120 Å². The van der Waals surface area contributed by atoms with Crippen molar-refractivity contribution < 1.29 is 14.6 Å². The summed E-state index contributed by atoms with van der Waals surface area (Å²) < 4.78 is 7.03. The van der Waals surface area contributed by atoms with Gasteiger partial charge in [-0.15, -0.1) is 17.9 Å². The molecular weight excluding hydrogens is 274 g/mol. The second kappa shape index (κ2) is 5.25. The minimum Gasteiger partial charge on any atom is -0.488 e. The summed E-state index contributed by atoms with van der Waals surface area (Å²) in [7, 11) is 0. The molecule has 1 aliphatic rings. The number of fused-ring (bicyclic) bond motifs is 1. The number of carboxylic acids is 1. The van der Waals surface area contributed by atoms with Crippen LogP contribution in [0.5, 0.6) is 5.75 Å². The van der Waals surface area contributed by atoms with Crippen molar-refractivity contribution in [2.75, 3.05) is 0 Å². The van der Waals surface area contributed by atoms with E-state index in [1.165, 1.54) is 0 Å². The zero-order valence-electron chi connectivity index (χ0n) is 10.9. The SMILES string of the molecule is C=CCc1cc(OC2CC(C(=O)O)C2)c2ncsc2c1. The first-order valence-corrected chi connectivity index (χ1v) is 7.42. The molecule has 0 unspecified atom stereocenters. The van der Waals surface area contributed by atoms with Gasteiger partial charge in [0.2, 0.25) is 0 Å². The number of allylic oxidation sites excluding steroid dienone is 1. The van der Waals surface area contributed by atoms with Gasteiger partial charge in [0.25, 0.3) is 0 Å². The third kappa shape index (κ3) is 2.41. The average molecular weight is 289 g/mol. The summed E-state index contributed by atoms with van der Waals surface area (Å²) in [5.74, 6) is -0.235. The third-order valence-corrected chi connectivity index (χ3v) is 4.35. The Balaban J connectivity index is 1.81. The summed E-state index contributed by atoms with van der Waals surface area (Å²) >= 11 is 1.58. The van der Waals surface area contributed by atoms with Crippen LogP contribution in [0.3, 0.4) is 0 Å². The standard InChI is InChI=1S/C15H15NO3S/c1-2-3-9-4-12(14-13(5-9)20-8-16-14)19-11-6-10(7-11)15(17)18/h2,4-5,8,10-11H,1,3,6-7H2,(H,17,18). The molecule has 104 valence electrons. The number of ether oxygens (including phenoxy) is 1. The van der Waals surface area contributed by atoms with Gasteiger partial charge in [0.15, 0.2) is 0 Å². The van der Waals surface area contributed by atoms with Crippen LogP contribution in [0.2, 0.25) is 0 Å². The summed E-state index contributed by atoms with van der Waals surface area (Å²) in [6.45, 7) is 3.75. The largest absolute Gasteiger partial charge is 0.488 e. The van der Waals surface area contributed by atoms with Crippen molar-refractivity contribution in [3.05, 3.63) is 35.9 Å². The number of carbonyl (C=O) groups is 1. The summed E-state index contributed by atoms with van der Waals surface area (Å²) in [6, 6.07) is 4.08. The van der Waals surface area contributed by atoms with E-state index in [-0.39, 0.29) is 12.0 Å². The van der Waals surface area contributed by atoms with E-state index in [9.17, 15) is 4.79 Å². The quantitative estimate of drug-likeness (QED) is 0.858. The van der Waals surface area contributed by atoms with E-state index in [2.05, 4.69) is 17.6 Å². The molecule has 4 nitrogen and oxygen atoms in total. The van der Waals surface area contributed by atoms with Gasteiger partial charge in [-0.1, -0.05) is 6.08 Å². The van der Waals surface area contributed by atoms with E-state index in [4.69, 9.17) is 9.84 Å². The Hall–Kier alpha value is -1.88. The number of aliphatic carboxylic acids is 1. The molecule has 1 aromatic heterocycles. The van der Waals surface area contributed by atoms with Crippen molar-refractivity contribution in [3.8, 4) is 5.75 Å². The van der Waals surface area contributed by atoms with Gasteiger partial charge in [0.1, 0.15) is 17.4 Å². The molecule has 0 spiro atoms. The smallest absolute Gasteiger partial charge is 0.306 e. The molecule has 0 radical (unpaired) electrons. The van der Waals surface area contributed by atoms with Crippen molar-refractivity contribution in [3.63, 3.8) is 0 Å². The maximum atomic E-state index is 10.8. The van der Waals surface area contributed by atoms with Crippen molar-refractivity contribution in [2.45, 2.75) is 25.4 Å². The second-order valence-corrected chi connectivity index (χ2v) is 5.92. The minimum absolute atomic E-state index is 0.0139. The van der Waals surface area contributed by atoms with Gasteiger partial charge < -0.3 is 9.84 Å². The number of aromatic nitrogens is 1. The van der Waals surface area contributed by atoms with Crippen LogP contribution in [-0.2, 0) is 11.2 Å². The number of thiazole rings is 1. The predicted molar refractivity (Wildman–Crippen MR) is 78.3 cm³/mol. The first-order chi connectivity index (χ1) is 9.67. The molecule has 0 bridgehead atoms. The molecule has 3 rings (SSSR count). The summed E-state index contributed by atoms with van der Waals surface area (Å²) in [6.07, 6.45) is 3.78. The zero-order valence-corrected chi connectivity index (χ0v) is 11.7. The number of carboxylic acid groups (broad SMARTS) is 1. The highest BCUT2D eigenvalue weighted by molar-refractivity contribution is 7.16. The van der Waals surface area contributed by atoms with Crippen LogP contribution in [0.4, 0.5) is 0 Å². The van der Waals surface area contributed by atoms with Gasteiger partial charge in [0, 0.05) is 0 Å². The molecule has 2 aromatic rings. The summed E-state index contributed by atoms with van der Waals surface area (Å²) in [4.78, 5) is 15.1. The van der Waals surface area contributed by atoms with Gasteiger partial charge in [-0.25, -0.2) is 4.98 Å². The number of hydrogen-bond acceptors (Lipinski definition) is 4. The van der Waals surface area contributed by atoms with E-state index < -0.39 is 5.97 Å². The Morgan fingerprint density at radius 2 is 2.35 bits per heavy atom. The summed E-state index contributed by atoms with van der Waals surface area (Å²) in [5.41, 5.74) is 3.80. The maximum absolute atomic E-state index is 10.8. The van der Waals surface area contributed by atoms with Crippen LogP contribution in [0.1, 0.15) is 18.4 Å². The molecule has 1 aliphatic carbocycles. The fraction of sp³-hybridized carbons (Fsp3) is 0.333. The molecule has 5 heteroatoms. The highest BCUT2D eigenvalue weighted by Crippen LogP contribution is 2.35. The Bertz CT molecular complexity index is 658. The molecule has 0 saturated heterocycles. The van der Waals surface area contributed by atoms with Crippen LogP contribution in [0.15, 0.2) is 30.3 Å². The molecule has 20 heavy (non-hydrogen) atoms. The predicted octanol–water partition coefficient (Wildman–Crippen LogP) is 3.27. The van der Waals surface area contributed by atoms with E-state index >= 15 is 0 Å². The molecule has 1 fully saturated rings. The molecule has 0 aliphatic heterocycles. The molecule has 1 aromatic carbocycles. The van der Waals surface area contributed by atoms with Gasteiger partial charge in [0.05, 0.1) is 16.1 Å². The first-order valence-electron chi connectivity index (χ1n) is 6.54. The Morgan fingerprint density at radius 3 is 3.05 bits per heavy atom. The van der Waals surface area contributed by atoms with Gasteiger partial charge >= 0.3 is 5.97 Å². The van der Waals surface area contributed by atoms with Gasteiger partial charge in [-0.2, -0.15) is 0 Å². The highest BCUT2D eigenvalue weighted by Gasteiger charge is 2.36. The van der Waals surface area contributed by atoms with Crippen LogP contribution in [0, 0.1) is 5.92 Å². The lowest BCUT2D eigenvalue weighted by Crippen LogP contribution is -2.38. The van der Waals surface area contributed by atoms with E-state index in [1.807, 2.05) is 12.1 Å². The van der Waals surface area contributed by atoms with Crippen LogP contribution >= 0.6 is 11.3 Å². The topological polar surface area (TPSA) is 59.4 Å². The number of hydrogen-bond donors (Lipinski definition) is 1. The third-order valence-electron chi connectivity index (χ3n) is 3.58. The van der Waals surface area contributed by atoms with Crippen LogP contribution in [0.25, 0.3) is 10.2 Å². The molecule has 1 N–H and O–H groups in total. The lowest BCUT2D eigenvalue weighted by Gasteiger charge is -2.32. The normalized spacial score (nSPS) is 21.4. The van der Waals surface area contributed by atoms with Crippen molar-refractivity contribution in [1.82, 2.24) is 4.98 Å². The minimum atomic E-state index is -0.732. The number of rotatable bonds is 5. The first kappa shape index (κ1) is 13.1. The van der Waals surface area contributed by atoms with Crippen molar-refractivity contribution in [1.29, 1.82) is 0 Å².